The predicted octanol–water partition coefficient (Wildman–Crippen LogP) is 1.09. The number of aromatic hydroxyl groups is 1. The molecule has 5 rings (SSSR count). The second-order valence-electron chi connectivity index (χ2n) is 12.7. The summed E-state index contributed by atoms with van der Waals surface area (Å²) >= 11 is 4.10. The zero-order valence-electron chi connectivity index (χ0n) is 28.0. The summed E-state index contributed by atoms with van der Waals surface area (Å²) in [4.78, 5) is 71.9. The summed E-state index contributed by atoms with van der Waals surface area (Å²) in [6.45, 7) is 0.248. The van der Waals surface area contributed by atoms with Gasteiger partial charge in [0.2, 0.25) is 29.5 Å². The minimum Gasteiger partial charge on any atom is -0.508 e. The van der Waals surface area contributed by atoms with E-state index in [1.54, 1.807) is 18.3 Å². The molecule has 1 fully saturated rings. The van der Waals surface area contributed by atoms with Gasteiger partial charge in [0, 0.05) is 48.7 Å². The summed E-state index contributed by atoms with van der Waals surface area (Å²) in [6, 6.07) is 17.8. The Labute approximate surface area is 300 Å². The van der Waals surface area contributed by atoms with E-state index < -0.39 is 59.7 Å². The van der Waals surface area contributed by atoms with E-state index in [1.807, 2.05) is 54.6 Å². The molecule has 1 aliphatic heterocycles. The number of amides is 5. The number of likely N-dealkylation sites (tertiary alicyclic amines) is 1. The van der Waals surface area contributed by atoms with Gasteiger partial charge in [-0.2, -0.15) is 12.6 Å². The fourth-order valence-electron chi connectivity index (χ4n) is 6.28. The van der Waals surface area contributed by atoms with E-state index in [9.17, 15) is 29.1 Å². The van der Waals surface area contributed by atoms with Gasteiger partial charge in [-0.3, -0.25) is 24.0 Å². The Morgan fingerprint density at radius 3 is 2.18 bits per heavy atom. The smallest absolute Gasteiger partial charge is 0.246 e. The number of aromatic amines is 1. The maximum atomic E-state index is 14.1. The Morgan fingerprint density at radius 1 is 0.824 bits per heavy atom. The molecule has 4 aromatic rings. The number of nitrogens with one attached hydrogen (secondary N) is 4. The van der Waals surface area contributed by atoms with Gasteiger partial charge in [-0.1, -0.05) is 60.7 Å². The summed E-state index contributed by atoms with van der Waals surface area (Å²) in [5, 5.41) is 18.9. The lowest BCUT2D eigenvalue weighted by Gasteiger charge is -2.30. The van der Waals surface area contributed by atoms with Crippen molar-refractivity contribution in [3.05, 3.63) is 102 Å². The minimum atomic E-state index is -1.13. The Balaban J connectivity index is 1.37. The van der Waals surface area contributed by atoms with Gasteiger partial charge in [0.25, 0.3) is 0 Å². The maximum Gasteiger partial charge on any atom is 0.246 e. The molecule has 13 nitrogen and oxygen atoms in total. The normalized spacial score (nSPS) is 16.5. The number of rotatable bonds is 15. The summed E-state index contributed by atoms with van der Waals surface area (Å²) in [5.41, 5.74) is 14.7. The second-order valence-corrected chi connectivity index (χ2v) is 13.1. The number of H-pyrrole nitrogens is 1. The Bertz CT molecular complexity index is 1850. The lowest BCUT2D eigenvalue weighted by atomic mass is 10.0. The number of nitrogens with two attached hydrogens (primary N) is 2. The number of primary amides is 1. The zero-order chi connectivity index (χ0) is 36.5. The second kappa shape index (κ2) is 17.1. The number of phenols is 1. The fourth-order valence-corrected chi connectivity index (χ4v) is 6.44. The third-order valence-corrected chi connectivity index (χ3v) is 9.43. The molecule has 5 atom stereocenters. The molecule has 51 heavy (non-hydrogen) atoms. The van der Waals surface area contributed by atoms with Crippen LogP contribution in [0.25, 0.3) is 10.9 Å². The molecule has 0 aliphatic carbocycles. The van der Waals surface area contributed by atoms with Crippen molar-refractivity contribution >= 4 is 53.1 Å². The molecule has 1 saturated heterocycles. The lowest BCUT2D eigenvalue weighted by molar-refractivity contribution is -0.142. The van der Waals surface area contributed by atoms with Crippen LogP contribution in [0.3, 0.4) is 0 Å². The number of hydrogen-bond donors (Lipinski definition) is 8. The molecule has 5 amide bonds. The first-order valence-electron chi connectivity index (χ1n) is 16.8. The van der Waals surface area contributed by atoms with E-state index >= 15 is 0 Å². The standard InChI is InChI=1S/C37H43N7O6S/c38-27(21-51)34(47)43-31(18-23-12-14-25(45)15-13-23)37(50)44-16-6-11-32(44)36(49)42-30(19-24-20-40-28-10-5-4-9-26(24)28)35(48)41-29(33(39)46)17-22-7-2-1-3-8-22/h1-5,7-10,12-15,20,27,29-32,40,45,51H,6,11,16-19,21,38H2,(H2,39,46)(H,41,48)(H,42,49)(H,43,47)/t27-,29-,30-,31-,32-/m0/s1. The number of thiol groups is 1. The Hall–Kier alpha value is -5.34. The third-order valence-electron chi connectivity index (χ3n) is 9.04. The highest BCUT2D eigenvalue weighted by Crippen LogP contribution is 2.23. The molecule has 9 N–H and O–H groups in total. The molecule has 0 saturated carbocycles. The van der Waals surface area contributed by atoms with Gasteiger partial charge in [-0.25, -0.2) is 0 Å². The molecular weight excluding hydrogens is 671 g/mol. The lowest BCUT2D eigenvalue weighted by Crippen LogP contribution is -2.59. The number of aromatic nitrogens is 1. The molecule has 14 heteroatoms. The molecule has 0 radical (unpaired) electrons. The van der Waals surface area contributed by atoms with Crippen molar-refractivity contribution in [3.63, 3.8) is 0 Å². The van der Waals surface area contributed by atoms with E-state index in [0.717, 1.165) is 22.0 Å². The van der Waals surface area contributed by atoms with Crippen LogP contribution in [-0.4, -0.2) is 87.0 Å². The van der Waals surface area contributed by atoms with Crippen LogP contribution in [0, 0.1) is 0 Å². The fraction of sp³-hybridized carbons (Fsp3) is 0.324. The summed E-state index contributed by atoms with van der Waals surface area (Å²) < 4.78 is 0. The molecule has 0 spiro atoms. The molecular formula is C37H43N7O6S. The number of carbonyl (C=O) groups excluding carboxylic acids is 5. The first-order chi connectivity index (χ1) is 24.5. The molecule has 2 heterocycles. The SMILES string of the molecule is NC(=O)[C@H](Cc1ccccc1)NC(=O)[C@H](Cc1c[nH]c2ccccc12)NC(=O)[C@@H]1CCCN1C(=O)[C@H](Cc1ccc(O)cc1)NC(=O)[C@@H](N)CS. The molecule has 0 bridgehead atoms. The van der Waals surface area contributed by atoms with Crippen LogP contribution in [0.5, 0.6) is 5.75 Å². The largest absolute Gasteiger partial charge is 0.508 e. The highest BCUT2D eigenvalue weighted by Gasteiger charge is 2.39. The predicted molar refractivity (Wildman–Crippen MR) is 196 cm³/mol. The highest BCUT2D eigenvalue weighted by molar-refractivity contribution is 7.80. The number of para-hydroxylation sites is 1. The quantitative estimate of drug-likeness (QED) is 0.0840. The topological polar surface area (TPSA) is 213 Å². The monoisotopic (exact) mass is 713 g/mol. The summed E-state index contributed by atoms with van der Waals surface area (Å²) in [7, 11) is 0. The van der Waals surface area contributed by atoms with E-state index in [4.69, 9.17) is 11.5 Å². The molecule has 1 aliphatic rings. The van der Waals surface area contributed by atoms with Crippen molar-refractivity contribution in [2.45, 2.75) is 62.3 Å². The van der Waals surface area contributed by atoms with Crippen molar-refractivity contribution in [3.8, 4) is 5.75 Å². The Morgan fingerprint density at radius 2 is 1.47 bits per heavy atom. The van der Waals surface area contributed by atoms with Gasteiger partial charge >= 0.3 is 0 Å². The van der Waals surface area contributed by atoms with Crippen LogP contribution in [-0.2, 0) is 43.2 Å². The average Bonchev–Trinajstić information content (AvgIpc) is 3.79. The van der Waals surface area contributed by atoms with Gasteiger partial charge in [-0.15, -0.1) is 0 Å². The third kappa shape index (κ3) is 9.47. The Kier molecular flexibility index (Phi) is 12.3. The van der Waals surface area contributed by atoms with Crippen LogP contribution in [0.15, 0.2) is 85.1 Å². The summed E-state index contributed by atoms with van der Waals surface area (Å²) in [6.07, 6.45) is 2.93. The molecule has 0 unspecified atom stereocenters. The van der Waals surface area contributed by atoms with E-state index in [-0.39, 0.29) is 37.3 Å². The average molecular weight is 714 g/mol. The minimum absolute atomic E-state index is 0.0486. The van der Waals surface area contributed by atoms with Gasteiger partial charge in [0.05, 0.1) is 6.04 Å². The van der Waals surface area contributed by atoms with E-state index in [1.165, 1.54) is 17.0 Å². The number of hydrogen-bond acceptors (Lipinski definition) is 8. The van der Waals surface area contributed by atoms with Crippen molar-refractivity contribution in [2.24, 2.45) is 11.5 Å². The van der Waals surface area contributed by atoms with Crippen LogP contribution in [0.4, 0.5) is 0 Å². The van der Waals surface area contributed by atoms with Gasteiger partial charge in [-0.05, 0) is 47.7 Å². The molecule has 1 aromatic heterocycles. The van der Waals surface area contributed by atoms with Gasteiger partial charge < -0.3 is 42.4 Å². The first kappa shape index (κ1) is 36.9. The van der Waals surface area contributed by atoms with Crippen LogP contribution < -0.4 is 27.4 Å². The van der Waals surface area contributed by atoms with Crippen molar-refractivity contribution in [1.29, 1.82) is 0 Å². The van der Waals surface area contributed by atoms with Crippen molar-refractivity contribution < 1.29 is 29.1 Å². The number of phenolic OH excluding ortho intramolecular Hbond substituents is 1. The first-order valence-corrected chi connectivity index (χ1v) is 17.4. The van der Waals surface area contributed by atoms with Crippen LogP contribution >= 0.6 is 12.6 Å². The van der Waals surface area contributed by atoms with Crippen LogP contribution in [0.1, 0.15) is 29.5 Å². The van der Waals surface area contributed by atoms with E-state index in [2.05, 4.69) is 33.6 Å². The molecule has 268 valence electrons. The van der Waals surface area contributed by atoms with Gasteiger partial charge in [0.15, 0.2) is 0 Å². The highest BCUT2D eigenvalue weighted by atomic mass is 32.1. The zero-order valence-corrected chi connectivity index (χ0v) is 28.9. The maximum absolute atomic E-state index is 14.1. The van der Waals surface area contributed by atoms with Crippen molar-refractivity contribution in [1.82, 2.24) is 25.8 Å². The number of nitrogens with zero attached hydrogens (tertiary/aromatic N) is 1. The molecule has 3 aromatic carbocycles. The number of benzene rings is 3. The number of carbonyl (C=O) groups is 5. The van der Waals surface area contributed by atoms with E-state index in [0.29, 0.717) is 18.4 Å². The number of fused-ring (bicyclic) bond motifs is 1. The van der Waals surface area contributed by atoms with Crippen molar-refractivity contribution in [2.75, 3.05) is 12.3 Å². The summed E-state index contributed by atoms with van der Waals surface area (Å²) in [5.74, 6) is -2.85. The van der Waals surface area contributed by atoms with Crippen LogP contribution in [0.2, 0.25) is 0 Å². The van der Waals surface area contributed by atoms with Gasteiger partial charge in [0.1, 0.15) is 29.9 Å².